The van der Waals surface area contributed by atoms with Crippen LogP contribution < -0.4 is 16.2 Å². The molecule has 1 aromatic heterocycles. The number of nitrogens with two attached hydrogens (primary N) is 2. The molecular formula is C15H13FN4O. The molecule has 0 aliphatic carbocycles. The predicted octanol–water partition coefficient (Wildman–Crippen LogP) is 2.61. The fraction of sp³-hybridized carbons (Fsp3) is 0.0667. The number of halogens is 1. The second-order valence-electron chi connectivity index (χ2n) is 4.51. The van der Waals surface area contributed by atoms with Crippen molar-refractivity contribution in [3.8, 4) is 16.9 Å². The van der Waals surface area contributed by atoms with E-state index in [4.69, 9.17) is 16.2 Å². The van der Waals surface area contributed by atoms with E-state index < -0.39 is 0 Å². The molecule has 0 amide bonds. The van der Waals surface area contributed by atoms with Gasteiger partial charge in [0.25, 0.3) is 0 Å². The minimum Gasteiger partial charge on any atom is -0.495 e. The van der Waals surface area contributed by atoms with Crippen LogP contribution in [0, 0.1) is 5.82 Å². The van der Waals surface area contributed by atoms with E-state index >= 15 is 0 Å². The highest BCUT2D eigenvalue weighted by atomic mass is 19.1. The second kappa shape index (κ2) is 4.90. The van der Waals surface area contributed by atoms with Gasteiger partial charge in [0.2, 0.25) is 5.95 Å². The van der Waals surface area contributed by atoms with Gasteiger partial charge in [0.15, 0.2) is 0 Å². The number of methoxy groups -OCH3 is 1. The molecule has 0 atom stereocenters. The Labute approximate surface area is 120 Å². The first-order valence-corrected chi connectivity index (χ1v) is 6.26. The first-order chi connectivity index (χ1) is 10.1. The van der Waals surface area contributed by atoms with Crippen LogP contribution in [0.25, 0.3) is 22.0 Å². The van der Waals surface area contributed by atoms with Crippen molar-refractivity contribution in [3.05, 3.63) is 42.2 Å². The third kappa shape index (κ3) is 2.20. The summed E-state index contributed by atoms with van der Waals surface area (Å²) < 4.78 is 18.5. The van der Waals surface area contributed by atoms with Crippen LogP contribution in [0.1, 0.15) is 0 Å². The van der Waals surface area contributed by atoms with Crippen LogP contribution in [0.3, 0.4) is 0 Å². The molecule has 0 aliphatic heterocycles. The van der Waals surface area contributed by atoms with E-state index in [1.807, 2.05) is 6.07 Å². The monoisotopic (exact) mass is 284 g/mol. The maximum absolute atomic E-state index is 13.1. The molecule has 0 fully saturated rings. The Hall–Kier alpha value is -2.89. The fourth-order valence-electron chi connectivity index (χ4n) is 2.31. The number of nitrogens with zero attached hydrogens (tertiary/aromatic N) is 2. The number of fused-ring (bicyclic) bond motifs is 1. The molecule has 3 aromatic rings. The van der Waals surface area contributed by atoms with Gasteiger partial charge in [-0.15, -0.1) is 0 Å². The zero-order chi connectivity index (χ0) is 15.0. The molecule has 5 nitrogen and oxygen atoms in total. The van der Waals surface area contributed by atoms with Gasteiger partial charge in [-0.1, -0.05) is 12.1 Å². The maximum atomic E-state index is 13.1. The summed E-state index contributed by atoms with van der Waals surface area (Å²) in [6.07, 6.45) is 0. The van der Waals surface area contributed by atoms with Gasteiger partial charge in [-0.25, -0.2) is 9.37 Å². The molecule has 106 valence electrons. The Morgan fingerprint density at radius 2 is 1.71 bits per heavy atom. The maximum Gasteiger partial charge on any atom is 0.222 e. The molecule has 4 N–H and O–H groups in total. The van der Waals surface area contributed by atoms with Crippen LogP contribution >= 0.6 is 0 Å². The summed E-state index contributed by atoms with van der Waals surface area (Å²) in [4.78, 5) is 8.10. The molecule has 6 heteroatoms. The van der Waals surface area contributed by atoms with Crippen molar-refractivity contribution >= 4 is 22.7 Å². The van der Waals surface area contributed by atoms with Crippen molar-refractivity contribution in [2.75, 3.05) is 18.6 Å². The first kappa shape index (κ1) is 13.1. The number of ether oxygens (including phenoxy) is 1. The van der Waals surface area contributed by atoms with Crippen molar-refractivity contribution < 1.29 is 9.13 Å². The lowest BCUT2D eigenvalue weighted by Gasteiger charge is -2.13. The molecule has 0 saturated heterocycles. The Balaban J connectivity index is 2.32. The quantitative estimate of drug-likeness (QED) is 0.755. The normalized spacial score (nSPS) is 10.8. The summed E-state index contributed by atoms with van der Waals surface area (Å²) in [7, 11) is 1.54. The van der Waals surface area contributed by atoms with Gasteiger partial charge in [0, 0.05) is 5.56 Å². The van der Waals surface area contributed by atoms with Gasteiger partial charge >= 0.3 is 0 Å². The van der Waals surface area contributed by atoms with Gasteiger partial charge in [-0.05, 0) is 29.8 Å². The number of nitrogen functional groups attached to an aromatic ring is 2. The lowest BCUT2D eigenvalue weighted by Crippen LogP contribution is -2.02. The minimum atomic E-state index is -0.297. The second-order valence-corrected chi connectivity index (χ2v) is 4.51. The third-order valence-electron chi connectivity index (χ3n) is 3.22. The van der Waals surface area contributed by atoms with E-state index in [1.54, 1.807) is 18.2 Å². The van der Waals surface area contributed by atoms with Crippen LogP contribution in [-0.2, 0) is 0 Å². The SMILES string of the molecule is COc1c(-c2ccc(F)cc2)ccc2nc(N)nc(N)c12. The first-order valence-electron chi connectivity index (χ1n) is 6.26. The Kier molecular flexibility index (Phi) is 3.06. The topological polar surface area (TPSA) is 87.0 Å². The molecule has 0 bridgehead atoms. The number of rotatable bonds is 2. The number of benzene rings is 2. The van der Waals surface area contributed by atoms with Crippen LogP contribution in [0.5, 0.6) is 5.75 Å². The largest absolute Gasteiger partial charge is 0.495 e. The number of hydrogen-bond acceptors (Lipinski definition) is 5. The molecule has 0 unspecified atom stereocenters. The van der Waals surface area contributed by atoms with Gasteiger partial charge in [-0.3, -0.25) is 0 Å². The summed E-state index contributed by atoms with van der Waals surface area (Å²) in [5.41, 5.74) is 13.7. The van der Waals surface area contributed by atoms with Crippen LogP contribution in [0.15, 0.2) is 36.4 Å². The molecule has 21 heavy (non-hydrogen) atoms. The standard InChI is InChI=1S/C15H13FN4O/c1-21-13-10(8-2-4-9(16)5-3-8)6-7-11-12(13)14(17)20-15(18)19-11/h2-7H,1H3,(H4,17,18,19,20). The highest BCUT2D eigenvalue weighted by Crippen LogP contribution is 2.38. The van der Waals surface area contributed by atoms with Crippen molar-refractivity contribution in [1.82, 2.24) is 9.97 Å². The smallest absolute Gasteiger partial charge is 0.222 e. The Bertz CT molecular complexity index is 818. The highest BCUT2D eigenvalue weighted by molar-refractivity contribution is 5.99. The van der Waals surface area contributed by atoms with Crippen LogP contribution in [-0.4, -0.2) is 17.1 Å². The lowest BCUT2D eigenvalue weighted by molar-refractivity contribution is 0.421. The van der Waals surface area contributed by atoms with Gasteiger partial charge in [0.05, 0.1) is 18.0 Å². The van der Waals surface area contributed by atoms with Crippen molar-refractivity contribution in [3.63, 3.8) is 0 Å². The Morgan fingerprint density at radius 1 is 1.00 bits per heavy atom. The predicted molar refractivity (Wildman–Crippen MR) is 80.3 cm³/mol. The molecule has 1 heterocycles. The Morgan fingerprint density at radius 3 is 2.38 bits per heavy atom. The van der Waals surface area contributed by atoms with E-state index in [9.17, 15) is 4.39 Å². The molecular weight excluding hydrogens is 271 g/mol. The van der Waals surface area contributed by atoms with Crippen molar-refractivity contribution in [1.29, 1.82) is 0 Å². The summed E-state index contributed by atoms with van der Waals surface area (Å²) in [5.74, 6) is 0.598. The summed E-state index contributed by atoms with van der Waals surface area (Å²) in [5, 5.41) is 0.591. The minimum absolute atomic E-state index is 0.108. The van der Waals surface area contributed by atoms with Gasteiger partial charge < -0.3 is 16.2 Å². The highest BCUT2D eigenvalue weighted by Gasteiger charge is 2.15. The number of hydrogen-bond donors (Lipinski definition) is 2. The molecule has 0 radical (unpaired) electrons. The van der Waals surface area contributed by atoms with E-state index in [-0.39, 0.29) is 17.6 Å². The van der Waals surface area contributed by atoms with E-state index in [0.717, 1.165) is 11.1 Å². The zero-order valence-electron chi connectivity index (χ0n) is 11.3. The summed E-state index contributed by atoms with van der Waals surface area (Å²) >= 11 is 0. The van der Waals surface area contributed by atoms with Crippen molar-refractivity contribution in [2.24, 2.45) is 0 Å². The average Bonchev–Trinajstić information content (AvgIpc) is 2.46. The molecule has 0 aliphatic rings. The fourth-order valence-corrected chi connectivity index (χ4v) is 2.31. The van der Waals surface area contributed by atoms with Crippen molar-refractivity contribution in [2.45, 2.75) is 0 Å². The van der Waals surface area contributed by atoms with E-state index in [0.29, 0.717) is 16.7 Å². The molecule has 3 rings (SSSR count). The average molecular weight is 284 g/mol. The van der Waals surface area contributed by atoms with E-state index in [2.05, 4.69) is 9.97 Å². The molecule has 0 saturated carbocycles. The summed E-state index contributed by atoms with van der Waals surface area (Å²) in [6, 6.07) is 9.75. The van der Waals surface area contributed by atoms with Crippen LogP contribution in [0.4, 0.5) is 16.2 Å². The number of anilines is 2. The zero-order valence-corrected chi connectivity index (χ0v) is 11.3. The molecule has 2 aromatic carbocycles. The van der Waals surface area contributed by atoms with Gasteiger partial charge in [-0.2, -0.15) is 4.98 Å². The summed E-state index contributed by atoms with van der Waals surface area (Å²) in [6.45, 7) is 0. The van der Waals surface area contributed by atoms with E-state index in [1.165, 1.54) is 19.2 Å². The number of aromatic nitrogens is 2. The van der Waals surface area contributed by atoms with Crippen LogP contribution in [0.2, 0.25) is 0 Å². The van der Waals surface area contributed by atoms with Gasteiger partial charge in [0.1, 0.15) is 17.4 Å². The molecule has 0 spiro atoms. The lowest BCUT2D eigenvalue weighted by atomic mass is 10.0. The third-order valence-corrected chi connectivity index (χ3v) is 3.22.